The molecule has 0 spiro atoms. The average Bonchev–Trinajstić information content (AvgIpc) is 3.02. The number of ether oxygens (including phenoxy) is 2. The lowest BCUT2D eigenvalue weighted by molar-refractivity contribution is 0.0239. The summed E-state index contributed by atoms with van der Waals surface area (Å²) in [5, 5.41) is 3.47. The first-order valence-corrected chi connectivity index (χ1v) is 9.80. The molecule has 0 aromatic carbocycles. The number of hydrogen-bond acceptors (Lipinski definition) is 4. The zero-order chi connectivity index (χ0) is 18.3. The molecule has 0 aliphatic carbocycles. The number of hydrogen-bond donors (Lipinski definition) is 1. The van der Waals surface area contributed by atoms with Crippen LogP contribution < -0.4 is 5.32 Å². The van der Waals surface area contributed by atoms with Crippen LogP contribution in [-0.4, -0.2) is 88.0 Å². The van der Waals surface area contributed by atoms with Crippen molar-refractivity contribution >= 4 is 5.96 Å². The summed E-state index contributed by atoms with van der Waals surface area (Å²) < 4.78 is 11.1. The van der Waals surface area contributed by atoms with E-state index in [2.05, 4.69) is 42.8 Å². The normalized spacial score (nSPS) is 24.6. The van der Waals surface area contributed by atoms with Gasteiger partial charge in [0, 0.05) is 46.4 Å². The Hall–Kier alpha value is -0.850. The highest BCUT2D eigenvalue weighted by Gasteiger charge is 2.28. The van der Waals surface area contributed by atoms with Crippen molar-refractivity contribution in [1.82, 2.24) is 15.1 Å². The molecule has 6 heteroatoms. The molecule has 0 aromatic rings. The fraction of sp³-hybridized carbons (Fsp3) is 0.947. The quantitative estimate of drug-likeness (QED) is 0.581. The van der Waals surface area contributed by atoms with Gasteiger partial charge < -0.3 is 19.7 Å². The Bertz CT molecular complexity index is 416. The second-order valence-electron chi connectivity index (χ2n) is 8.30. The lowest BCUT2D eigenvalue weighted by Crippen LogP contribution is -2.43. The fourth-order valence-electron chi connectivity index (χ4n) is 3.62. The van der Waals surface area contributed by atoms with Gasteiger partial charge in [0.15, 0.2) is 5.96 Å². The van der Waals surface area contributed by atoms with Crippen molar-refractivity contribution in [2.24, 2.45) is 16.3 Å². The lowest BCUT2D eigenvalue weighted by atomic mass is 9.89. The summed E-state index contributed by atoms with van der Waals surface area (Å²) in [5.41, 5.74) is 0.0967. The zero-order valence-corrected chi connectivity index (χ0v) is 16.9. The Morgan fingerprint density at radius 2 is 2.00 bits per heavy atom. The highest BCUT2D eigenvalue weighted by molar-refractivity contribution is 5.80. The molecule has 0 saturated carbocycles. The molecular formula is C19H38N4O2. The summed E-state index contributed by atoms with van der Waals surface area (Å²) in [4.78, 5) is 9.85. The standard InChI is InChI=1S/C19H38N4O2/c1-6-20-18(21-13-17(24-5)19(2,3)4)23-8-7-16(15-23)14-22-9-11-25-12-10-22/h16-17H,6-15H2,1-5H3,(H,20,21). The highest BCUT2D eigenvalue weighted by Crippen LogP contribution is 2.22. The maximum absolute atomic E-state index is 5.66. The predicted octanol–water partition coefficient (Wildman–Crippen LogP) is 1.67. The van der Waals surface area contributed by atoms with Crippen LogP contribution in [0, 0.1) is 11.3 Å². The van der Waals surface area contributed by atoms with Gasteiger partial charge in [-0.15, -0.1) is 0 Å². The first-order chi connectivity index (χ1) is 11.9. The van der Waals surface area contributed by atoms with E-state index in [-0.39, 0.29) is 11.5 Å². The van der Waals surface area contributed by atoms with Gasteiger partial charge in [-0.1, -0.05) is 20.8 Å². The van der Waals surface area contributed by atoms with E-state index in [0.29, 0.717) is 6.54 Å². The van der Waals surface area contributed by atoms with E-state index >= 15 is 0 Å². The molecule has 2 saturated heterocycles. The van der Waals surface area contributed by atoms with Crippen LogP contribution in [0.15, 0.2) is 4.99 Å². The number of guanidine groups is 1. The third-order valence-electron chi connectivity index (χ3n) is 5.20. The summed E-state index contributed by atoms with van der Waals surface area (Å²) in [6.45, 7) is 17.6. The first-order valence-electron chi connectivity index (χ1n) is 9.80. The van der Waals surface area contributed by atoms with Crippen LogP contribution in [0.4, 0.5) is 0 Å². The molecule has 2 atom stereocenters. The Morgan fingerprint density at radius 3 is 2.60 bits per heavy atom. The van der Waals surface area contributed by atoms with Gasteiger partial charge in [-0.2, -0.15) is 0 Å². The van der Waals surface area contributed by atoms with Crippen LogP contribution in [0.5, 0.6) is 0 Å². The van der Waals surface area contributed by atoms with Gasteiger partial charge >= 0.3 is 0 Å². The molecule has 0 aromatic heterocycles. The number of aliphatic imine (C=N–C) groups is 1. The molecular weight excluding hydrogens is 316 g/mol. The molecule has 2 rings (SSSR count). The van der Waals surface area contributed by atoms with Crippen molar-refractivity contribution in [2.45, 2.75) is 40.2 Å². The van der Waals surface area contributed by atoms with Crippen LogP contribution in [0.3, 0.4) is 0 Å². The molecule has 1 N–H and O–H groups in total. The minimum Gasteiger partial charge on any atom is -0.379 e. The van der Waals surface area contributed by atoms with Crippen molar-refractivity contribution in [3.05, 3.63) is 0 Å². The molecule has 2 heterocycles. The van der Waals surface area contributed by atoms with E-state index in [1.54, 1.807) is 7.11 Å². The van der Waals surface area contributed by atoms with Gasteiger partial charge in [0.05, 0.1) is 25.9 Å². The Morgan fingerprint density at radius 1 is 1.28 bits per heavy atom. The summed E-state index contributed by atoms with van der Waals surface area (Å²) in [6.07, 6.45) is 1.38. The van der Waals surface area contributed by atoms with Crippen LogP contribution in [0.2, 0.25) is 0 Å². The van der Waals surface area contributed by atoms with Crippen LogP contribution in [-0.2, 0) is 9.47 Å². The molecule has 6 nitrogen and oxygen atoms in total. The van der Waals surface area contributed by atoms with E-state index in [1.165, 1.54) is 13.0 Å². The minimum absolute atomic E-state index is 0.0967. The SMILES string of the molecule is CCNC(=NCC(OC)C(C)(C)C)N1CCC(CN2CCOCC2)C1. The van der Waals surface area contributed by atoms with Gasteiger partial charge in [-0.25, -0.2) is 0 Å². The van der Waals surface area contributed by atoms with Crippen LogP contribution in [0.25, 0.3) is 0 Å². The van der Waals surface area contributed by atoms with Crippen LogP contribution >= 0.6 is 0 Å². The van der Waals surface area contributed by atoms with E-state index in [1.807, 2.05) is 0 Å². The number of morpholine rings is 1. The lowest BCUT2D eigenvalue weighted by Gasteiger charge is -2.30. The Balaban J connectivity index is 1.89. The summed E-state index contributed by atoms with van der Waals surface area (Å²) in [5.74, 6) is 1.76. The van der Waals surface area contributed by atoms with Gasteiger partial charge in [0.2, 0.25) is 0 Å². The number of nitrogens with zero attached hydrogens (tertiary/aromatic N) is 3. The maximum Gasteiger partial charge on any atom is 0.194 e. The average molecular weight is 355 g/mol. The number of nitrogens with one attached hydrogen (secondary N) is 1. The zero-order valence-electron chi connectivity index (χ0n) is 16.9. The molecule has 2 fully saturated rings. The van der Waals surface area contributed by atoms with Crippen molar-refractivity contribution in [3.63, 3.8) is 0 Å². The largest absolute Gasteiger partial charge is 0.379 e. The third kappa shape index (κ3) is 6.42. The minimum atomic E-state index is 0.0967. The number of likely N-dealkylation sites (tertiary alicyclic amines) is 1. The second kappa shape index (κ2) is 9.74. The van der Waals surface area contributed by atoms with E-state index in [0.717, 1.165) is 57.8 Å². The Labute approximate surface area is 153 Å². The van der Waals surface area contributed by atoms with E-state index in [9.17, 15) is 0 Å². The monoisotopic (exact) mass is 354 g/mol. The molecule has 0 bridgehead atoms. The third-order valence-corrected chi connectivity index (χ3v) is 5.20. The highest BCUT2D eigenvalue weighted by atomic mass is 16.5. The van der Waals surface area contributed by atoms with Gasteiger partial charge in [-0.05, 0) is 24.7 Å². The second-order valence-corrected chi connectivity index (χ2v) is 8.30. The van der Waals surface area contributed by atoms with Crippen molar-refractivity contribution in [3.8, 4) is 0 Å². The van der Waals surface area contributed by atoms with E-state index < -0.39 is 0 Å². The number of methoxy groups -OCH3 is 1. The summed E-state index contributed by atoms with van der Waals surface area (Å²) in [7, 11) is 1.78. The molecule has 0 amide bonds. The summed E-state index contributed by atoms with van der Waals surface area (Å²) in [6, 6.07) is 0. The molecule has 2 aliphatic rings. The van der Waals surface area contributed by atoms with Crippen molar-refractivity contribution in [1.29, 1.82) is 0 Å². The smallest absolute Gasteiger partial charge is 0.194 e. The van der Waals surface area contributed by atoms with E-state index in [4.69, 9.17) is 14.5 Å². The van der Waals surface area contributed by atoms with Gasteiger partial charge in [0.1, 0.15) is 0 Å². The van der Waals surface area contributed by atoms with Crippen molar-refractivity contribution < 1.29 is 9.47 Å². The predicted molar refractivity (Wildman–Crippen MR) is 103 cm³/mol. The van der Waals surface area contributed by atoms with Gasteiger partial charge in [0.25, 0.3) is 0 Å². The molecule has 2 unspecified atom stereocenters. The van der Waals surface area contributed by atoms with Crippen LogP contribution in [0.1, 0.15) is 34.1 Å². The topological polar surface area (TPSA) is 49.3 Å². The fourth-order valence-corrected chi connectivity index (χ4v) is 3.62. The number of rotatable bonds is 6. The molecule has 146 valence electrons. The molecule has 0 radical (unpaired) electrons. The summed E-state index contributed by atoms with van der Waals surface area (Å²) >= 11 is 0. The Kier molecular flexibility index (Phi) is 7.97. The first kappa shape index (κ1) is 20.5. The molecule has 25 heavy (non-hydrogen) atoms. The van der Waals surface area contributed by atoms with Gasteiger partial charge in [-0.3, -0.25) is 9.89 Å². The molecule has 2 aliphatic heterocycles. The van der Waals surface area contributed by atoms with Crippen molar-refractivity contribution in [2.75, 3.05) is 66.1 Å². The maximum atomic E-state index is 5.66.